The minimum absolute atomic E-state index is 0.0836. The lowest BCUT2D eigenvalue weighted by molar-refractivity contribution is -0.130. The Hall–Kier alpha value is -1.14. The first-order valence-electron chi connectivity index (χ1n) is 6.94. The molecule has 19 heavy (non-hydrogen) atoms. The zero-order valence-electron chi connectivity index (χ0n) is 12.3. The van der Waals surface area contributed by atoms with Crippen molar-refractivity contribution in [3.63, 3.8) is 0 Å². The molecule has 2 amide bonds. The van der Waals surface area contributed by atoms with Crippen LogP contribution in [-0.4, -0.2) is 86.4 Å². The van der Waals surface area contributed by atoms with Crippen molar-refractivity contribution in [1.29, 1.82) is 0 Å². The van der Waals surface area contributed by atoms with Gasteiger partial charge in [0.05, 0.1) is 13.1 Å². The van der Waals surface area contributed by atoms with Crippen LogP contribution in [0.3, 0.4) is 0 Å². The summed E-state index contributed by atoms with van der Waals surface area (Å²) in [6.45, 7) is 7.07. The second-order valence-corrected chi connectivity index (χ2v) is 5.15. The van der Waals surface area contributed by atoms with Gasteiger partial charge in [0.2, 0.25) is 11.8 Å². The Morgan fingerprint density at radius 3 is 2.16 bits per heavy atom. The molecule has 1 heterocycles. The van der Waals surface area contributed by atoms with Gasteiger partial charge in [-0.25, -0.2) is 0 Å². The highest BCUT2D eigenvalue weighted by atomic mass is 16.2. The summed E-state index contributed by atoms with van der Waals surface area (Å²) in [6, 6.07) is 0. The van der Waals surface area contributed by atoms with Crippen molar-refractivity contribution < 1.29 is 9.59 Å². The molecule has 0 unspecified atom stereocenters. The van der Waals surface area contributed by atoms with E-state index < -0.39 is 0 Å². The maximum atomic E-state index is 11.7. The predicted molar refractivity (Wildman–Crippen MR) is 74.9 cm³/mol. The van der Waals surface area contributed by atoms with Crippen LogP contribution in [-0.2, 0) is 9.59 Å². The van der Waals surface area contributed by atoms with Crippen LogP contribution in [0.5, 0.6) is 0 Å². The molecule has 0 saturated carbocycles. The van der Waals surface area contributed by atoms with Gasteiger partial charge in [-0.1, -0.05) is 0 Å². The third-order valence-corrected chi connectivity index (χ3v) is 3.28. The molecule has 1 rings (SSSR count). The van der Waals surface area contributed by atoms with Crippen molar-refractivity contribution in [3.05, 3.63) is 0 Å². The molecule has 0 bridgehead atoms. The van der Waals surface area contributed by atoms with Crippen molar-refractivity contribution >= 4 is 11.8 Å². The van der Waals surface area contributed by atoms with E-state index >= 15 is 0 Å². The fraction of sp³-hybridized carbons (Fsp3) is 0.846. The number of nitrogens with zero attached hydrogens (tertiary/aromatic N) is 3. The van der Waals surface area contributed by atoms with E-state index in [0.29, 0.717) is 19.6 Å². The van der Waals surface area contributed by atoms with Crippen LogP contribution in [0, 0.1) is 0 Å². The Morgan fingerprint density at radius 1 is 1.05 bits per heavy atom. The number of hydrogen-bond acceptors (Lipinski definition) is 4. The molecule has 1 aliphatic heterocycles. The molecule has 1 fully saturated rings. The average Bonchev–Trinajstić information content (AvgIpc) is 2.55. The Balaban J connectivity index is 2.35. The fourth-order valence-corrected chi connectivity index (χ4v) is 2.13. The van der Waals surface area contributed by atoms with E-state index in [-0.39, 0.29) is 11.8 Å². The molecule has 0 atom stereocenters. The van der Waals surface area contributed by atoms with Crippen LogP contribution in [0.2, 0.25) is 0 Å². The molecule has 6 heteroatoms. The Morgan fingerprint density at radius 2 is 1.63 bits per heavy atom. The standard InChI is InChI=1S/C13H26N4O2/c1-4-14-12(18)10-16-6-5-7-17(9-8-16)11-13(19)15(2)3/h4-11H2,1-3H3,(H,14,18). The van der Waals surface area contributed by atoms with Crippen LogP contribution < -0.4 is 5.32 Å². The van der Waals surface area contributed by atoms with Crippen LogP contribution in [0.25, 0.3) is 0 Å². The first kappa shape index (κ1) is 15.9. The van der Waals surface area contributed by atoms with Crippen LogP contribution in [0.1, 0.15) is 13.3 Å². The molecule has 0 aromatic carbocycles. The summed E-state index contributed by atoms with van der Waals surface area (Å²) < 4.78 is 0. The van der Waals surface area contributed by atoms with Crippen molar-refractivity contribution in [2.75, 3.05) is 59.9 Å². The zero-order chi connectivity index (χ0) is 14.3. The normalized spacial score (nSPS) is 17.8. The van der Waals surface area contributed by atoms with Crippen molar-refractivity contribution in [3.8, 4) is 0 Å². The lowest BCUT2D eigenvalue weighted by atomic mass is 10.3. The number of carbonyl (C=O) groups excluding carboxylic acids is 2. The number of hydrogen-bond donors (Lipinski definition) is 1. The van der Waals surface area contributed by atoms with E-state index in [1.807, 2.05) is 6.92 Å². The molecule has 1 saturated heterocycles. The predicted octanol–water partition coefficient (Wildman–Crippen LogP) is -0.782. The summed E-state index contributed by atoms with van der Waals surface area (Å²) in [7, 11) is 3.56. The molecule has 1 aliphatic rings. The summed E-state index contributed by atoms with van der Waals surface area (Å²) in [4.78, 5) is 29.2. The quantitative estimate of drug-likeness (QED) is 0.712. The molecule has 110 valence electrons. The van der Waals surface area contributed by atoms with E-state index in [4.69, 9.17) is 0 Å². The maximum Gasteiger partial charge on any atom is 0.236 e. The molecular weight excluding hydrogens is 244 g/mol. The number of amides is 2. The lowest BCUT2D eigenvalue weighted by Crippen LogP contribution is -2.41. The van der Waals surface area contributed by atoms with Crippen molar-refractivity contribution in [2.45, 2.75) is 13.3 Å². The van der Waals surface area contributed by atoms with Crippen LogP contribution in [0.15, 0.2) is 0 Å². The summed E-state index contributed by atoms with van der Waals surface area (Å²) in [5.74, 6) is 0.220. The van der Waals surface area contributed by atoms with Gasteiger partial charge in [0, 0.05) is 33.7 Å². The number of rotatable bonds is 5. The number of carbonyl (C=O) groups is 2. The second-order valence-electron chi connectivity index (χ2n) is 5.15. The van der Waals surface area contributed by atoms with E-state index in [1.54, 1.807) is 19.0 Å². The first-order valence-corrected chi connectivity index (χ1v) is 6.94. The maximum absolute atomic E-state index is 11.7. The van der Waals surface area contributed by atoms with Gasteiger partial charge in [-0.15, -0.1) is 0 Å². The Kier molecular flexibility index (Phi) is 6.80. The SMILES string of the molecule is CCNC(=O)CN1CCCN(CC(=O)N(C)C)CC1. The van der Waals surface area contributed by atoms with E-state index in [1.165, 1.54) is 0 Å². The first-order chi connectivity index (χ1) is 9.02. The lowest BCUT2D eigenvalue weighted by Gasteiger charge is -2.22. The summed E-state index contributed by atoms with van der Waals surface area (Å²) in [5.41, 5.74) is 0. The number of nitrogens with one attached hydrogen (secondary N) is 1. The van der Waals surface area contributed by atoms with Gasteiger partial charge >= 0.3 is 0 Å². The molecular formula is C13H26N4O2. The van der Waals surface area contributed by atoms with Gasteiger partial charge in [0.25, 0.3) is 0 Å². The van der Waals surface area contributed by atoms with Gasteiger partial charge in [0.15, 0.2) is 0 Å². The summed E-state index contributed by atoms with van der Waals surface area (Å²) >= 11 is 0. The van der Waals surface area contributed by atoms with E-state index in [9.17, 15) is 9.59 Å². The molecule has 0 aliphatic carbocycles. The van der Waals surface area contributed by atoms with Crippen molar-refractivity contribution in [1.82, 2.24) is 20.0 Å². The van der Waals surface area contributed by atoms with Gasteiger partial charge in [-0.05, 0) is 26.4 Å². The molecule has 0 radical (unpaired) electrons. The van der Waals surface area contributed by atoms with Gasteiger partial charge in [-0.3, -0.25) is 19.4 Å². The zero-order valence-corrected chi connectivity index (χ0v) is 12.3. The van der Waals surface area contributed by atoms with Crippen molar-refractivity contribution in [2.24, 2.45) is 0 Å². The van der Waals surface area contributed by atoms with Gasteiger partial charge in [0.1, 0.15) is 0 Å². The third kappa shape index (κ3) is 6.02. The largest absolute Gasteiger partial charge is 0.355 e. The number of likely N-dealkylation sites (N-methyl/N-ethyl adjacent to an activating group) is 2. The average molecular weight is 270 g/mol. The molecule has 1 N–H and O–H groups in total. The molecule has 0 spiro atoms. The highest BCUT2D eigenvalue weighted by Crippen LogP contribution is 2.03. The highest BCUT2D eigenvalue weighted by molar-refractivity contribution is 5.78. The highest BCUT2D eigenvalue weighted by Gasteiger charge is 2.18. The minimum atomic E-state index is 0.0836. The smallest absolute Gasteiger partial charge is 0.236 e. The summed E-state index contributed by atoms with van der Waals surface area (Å²) in [6.07, 6.45) is 1.00. The monoisotopic (exact) mass is 270 g/mol. The second kappa shape index (κ2) is 8.12. The third-order valence-electron chi connectivity index (χ3n) is 3.28. The van der Waals surface area contributed by atoms with Crippen LogP contribution in [0.4, 0.5) is 0 Å². The molecule has 0 aromatic rings. The minimum Gasteiger partial charge on any atom is -0.355 e. The Bertz CT molecular complexity index is 307. The van der Waals surface area contributed by atoms with E-state index in [0.717, 1.165) is 32.6 Å². The van der Waals surface area contributed by atoms with Crippen LogP contribution >= 0.6 is 0 Å². The fourth-order valence-electron chi connectivity index (χ4n) is 2.13. The molecule has 6 nitrogen and oxygen atoms in total. The van der Waals surface area contributed by atoms with Gasteiger partial charge < -0.3 is 10.2 Å². The molecule has 0 aromatic heterocycles. The van der Waals surface area contributed by atoms with Gasteiger partial charge in [-0.2, -0.15) is 0 Å². The topological polar surface area (TPSA) is 55.9 Å². The Labute approximate surface area is 115 Å². The van der Waals surface area contributed by atoms with E-state index in [2.05, 4.69) is 15.1 Å². The summed E-state index contributed by atoms with van der Waals surface area (Å²) in [5, 5.41) is 2.82.